The normalized spacial score (nSPS) is 16.8. The maximum Gasteiger partial charge on any atom is 0.418 e. The van der Waals surface area contributed by atoms with Gasteiger partial charge >= 0.3 is 6.18 Å². The Morgan fingerprint density at radius 1 is 1.16 bits per heavy atom. The molecule has 0 atom stereocenters. The van der Waals surface area contributed by atoms with Gasteiger partial charge < -0.3 is 10.0 Å². The first-order valence-corrected chi connectivity index (χ1v) is 6.58. The van der Waals surface area contributed by atoms with Crippen LogP contribution in [0.15, 0.2) is 24.3 Å². The van der Waals surface area contributed by atoms with Crippen molar-refractivity contribution in [2.75, 3.05) is 18.1 Å². The second kappa shape index (κ2) is 5.82. The molecule has 5 heteroatoms. The Labute approximate surface area is 110 Å². The second-order valence-corrected chi connectivity index (χ2v) is 4.87. The molecule has 0 bridgehead atoms. The van der Waals surface area contributed by atoms with Crippen molar-refractivity contribution in [1.82, 2.24) is 0 Å². The summed E-state index contributed by atoms with van der Waals surface area (Å²) in [4.78, 5) is 1.72. The van der Waals surface area contributed by atoms with Crippen LogP contribution in [0.5, 0.6) is 0 Å². The lowest BCUT2D eigenvalue weighted by atomic mass is 10.1. The van der Waals surface area contributed by atoms with Crippen LogP contribution in [0.3, 0.4) is 0 Å². The lowest BCUT2D eigenvalue weighted by Gasteiger charge is -2.32. The van der Waals surface area contributed by atoms with Crippen LogP contribution in [-0.2, 0) is 6.18 Å². The third-order valence-corrected chi connectivity index (χ3v) is 3.63. The molecule has 0 aliphatic heterocycles. The fourth-order valence-electron chi connectivity index (χ4n) is 2.79. The molecule has 1 aromatic rings. The van der Waals surface area contributed by atoms with Crippen molar-refractivity contribution in [3.8, 4) is 0 Å². The molecule has 1 N–H and O–H groups in total. The zero-order valence-electron chi connectivity index (χ0n) is 10.7. The molecule has 2 nitrogen and oxygen atoms in total. The highest BCUT2D eigenvalue weighted by Gasteiger charge is 2.36. The van der Waals surface area contributed by atoms with Crippen LogP contribution in [0.4, 0.5) is 18.9 Å². The number of hydrogen-bond acceptors (Lipinski definition) is 2. The van der Waals surface area contributed by atoms with Crippen molar-refractivity contribution >= 4 is 5.69 Å². The molecule has 0 radical (unpaired) electrons. The predicted molar refractivity (Wildman–Crippen MR) is 68.1 cm³/mol. The Bertz CT molecular complexity index is 413. The highest BCUT2D eigenvalue weighted by Crippen LogP contribution is 2.38. The van der Waals surface area contributed by atoms with Gasteiger partial charge in [0.1, 0.15) is 0 Å². The monoisotopic (exact) mass is 273 g/mol. The highest BCUT2D eigenvalue weighted by atomic mass is 19.4. The first-order chi connectivity index (χ1) is 9.04. The number of alkyl halides is 3. The maximum absolute atomic E-state index is 13.0. The lowest BCUT2D eigenvalue weighted by Crippen LogP contribution is -2.37. The quantitative estimate of drug-likeness (QED) is 0.908. The first-order valence-electron chi connectivity index (χ1n) is 6.58. The number of aliphatic hydroxyl groups is 1. The van der Waals surface area contributed by atoms with Crippen molar-refractivity contribution in [3.63, 3.8) is 0 Å². The van der Waals surface area contributed by atoms with Crippen LogP contribution < -0.4 is 4.90 Å². The van der Waals surface area contributed by atoms with Crippen LogP contribution in [0.1, 0.15) is 31.2 Å². The summed E-state index contributed by atoms with van der Waals surface area (Å²) in [5, 5.41) is 9.13. The molecular weight excluding hydrogens is 255 g/mol. The van der Waals surface area contributed by atoms with E-state index in [2.05, 4.69) is 0 Å². The van der Waals surface area contributed by atoms with E-state index in [9.17, 15) is 13.2 Å². The third kappa shape index (κ3) is 3.21. The Balaban J connectivity index is 2.35. The van der Waals surface area contributed by atoms with Gasteiger partial charge in [-0.1, -0.05) is 25.0 Å². The number of anilines is 1. The molecule has 1 saturated carbocycles. The number of benzene rings is 1. The Hall–Kier alpha value is -1.23. The van der Waals surface area contributed by atoms with Gasteiger partial charge in [0.15, 0.2) is 0 Å². The van der Waals surface area contributed by atoms with Gasteiger partial charge in [0.05, 0.1) is 12.2 Å². The molecule has 1 aromatic carbocycles. The zero-order valence-corrected chi connectivity index (χ0v) is 10.7. The Morgan fingerprint density at radius 3 is 2.37 bits per heavy atom. The molecule has 0 aromatic heterocycles. The molecule has 0 heterocycles. The van der Waals surface area contributed by atoms with Gasteiger partial charge in [-0.15, -0.1) is 0 Å². The van der Waals surface area contributed by atoms with Crippen molar-refractivity contribution in [2.45, 2.75) is 37.9 Å². The Kier molecular flexibility index (Phi) is 4.34. The third-order valence-electron chi connectivity index (χ3n) is 3.63. The van der Waals surface area contributed by atoms with Gasteiger partial charge in [0.2, 0.25) is 0 Å². The second-order valence-electron chi connectivity index (χ2n) is 4.87. The molecule has 0 spiro atoms. The number of aliphatic hydroxyl groups excluding tert-OH is 1. The van der Waals surface area contributed by atoms with Crippen LogP contribution in [-0.4, -0.2) is 24.3 Å². The van der Waals surface area contributed by atoms with Gasteiger partial charge in [0, 0.05) is 18.3 Å². The van der Waals surface area contributed by atoms with E-state index in [0.717, 1.165) is 31.7 Å². The van der Waals surface area contributed by atoms with Crippen LogP contribution >= 0.6 is 0 Å². The van der Waals surface area contributed by atoms with Crippen molar-refractivity contribution in [3.05, 3.63) is 29.8 Å². The average molecular weight is 273 g/mol. The highest BCUT2D eigenvalue weighted by molar-refractivity contribution is 5.56. The van der Waals surface area contributed by atoms with Crippen LogP contribution in [0, 0.1) is 0 Å². The van der Waals surface area contributed by atoms with Gasteiger partial charge in [-0.2, -0.15) is 13.2 Å². The minimum atomic E-state index is -4.36. The molecule has 0 saturated heterocycles. The summed E-state index contributed by atoms with van der Waals surface area (Å²) in [6.45, 7) is 0.112. The summed E-state index contributed by atoms with van der Waals surface area (Å²) in [6, 6.07) is 5.73. The van der Waals surface area contributed by atoms with E-state index < -0.39 is 11.7 Å². The largest absolute Gasteiger partial charge is 0.418 e. The van der Waals surface area contributed by atoms with E-state index in [-0.39, 0.29) is 24.9 Å². The summed E-state index contributed by atoms with van der Waals surface area (Å²) in [6.07, 6.45) is -0.483. The van der Waals surface area contributed by atoms with Gasteiger partial charge in [-0.25, -0.2) is 0 Å². The lowest BCUT2D eigenvalue weighted by molar-refractivity contribution is -0.137. The molecule has 0 amide bonds. The summed E-state index contributed by atoms with van der Waals surface area (Å²) >= 11 is 0. The molecular formula is C14H18F3NO. The number of para-hydroxylation sites is 1. The van der Waals surface area contributed by atoms with E-state index in [1.807, 2.05) is 0 Å². The van der Waals surface area contributed by atoms with E-state index >= 15 is 0 Å². The fraction of sp³-hybridized carbons (Fsp3) is 0.571. The SMILES string of the molecule is OCCN(c1ccccc1C(F)(F)F)C1CCCC1. The molecule has 19 heavy (non-hydrogen) atoms. The molecule has 1 aliphatic carbocycles. The predicted octanol–water partition coefficient (Wildman–Crippen LogP) is 3.45. The summed E-state index contributed by atoms with van der Waals surface area (Å²) in [5.41, 5.74) is -0.425. The van der Waals surface area contributed by atoms with E-state index in [0.29, 0.717) is 0 Å². The summed E-state index contributed by atoms with van der Waals surface area (Å²) in [5.74, 6) is 0. The molecule has 0 unspecified atom stereocenters. The fourth-order valence-corrected chi connectivity index (χ4v) is 2.79. The zero-order chi connectivity index (χ0) is 13.9. The standard InChI is InChI=1S/C14H18F3NO/c15-14(16,17)12-7-3-4-8-13(12)18(9-10-19)11-5-1-2-6-11/h3-4,7-8,11,19H,1-2,5-6,9-10H2. The number of nitrogens with zero attached hydrogens (tertiary/aromatic N) is 1. The maximum atomic E-state index is 13.0. The van der Waals surface area contributed by atoms with Crippen molar-refractivity contribution in [1.29, 1.82) is 0 Å². The summed E-state index contributed by atoms with van der Waals surface area (Å²) in [7, 11) is 0. The Morgan fingerprint density at radius 2 is 1.79 bits per heavy atom. The number of hydrogen-bond donors (Lipinski definition) is 1. The minimum absolute atomic E-state index is 0.107. The van der Waals surface area contributed by atoms with E-state index in [4.69, 9.17) is 5.11 Å². The number of halogens is 3. The van der Waals surface area contributed by atoms with Gasteiger partial charge in [-0.3, -0.25) is 0 Å². The van der Waals surface area contributed by atoms with Gasteiger partial charge in [0.25, 0.3) is 0 Å². The smallest absolute Gasteiger partial charge is 0.395 e. The van der Waals surface area contributed by atoms with Crippen LogP contribution in [0.25, 0.3) is 0 Å². The van der Waals surface area contributed by atoms with Crippen LogP contribution in [0.2, 0.25) is 0 Å². The summed E-state index contributed by atoms with van der Waals surface area (Å²) < 4.78 is 39.1. The average Bonchev–Trinajstić information content (AvgIpc) is 2.88. The molecule has 2 rings (SSSR count). The molecule has 1 aliphatic rings. The van der Waals surface area contributed by atoms with E-state index in [1.165, 1.54) is 12.1 Å². The molecule has 106 valence electrons. The molecule has 1 fully saturated rings. The minimum Gasteiger partial charge on any atom is -0.395 e. The number of rotatable bonds is 4. The van der Waals surface area contributed by atoms with Gasteiger partial charge in [-0.05, 0) is 25.0 Å². The van der Waals surface area contributed by atoms with Crippen molar-refractivity contribution in [2.24, 2.45) is 0 Å². The van der Waals surface area contributed by atoms with Crippen molar-refractivity contribution < 1.29 is 18.3 Å². The topological polar surface area (TPSA) is 23.5 Å². The first kappa shape index (κ1) is 14.2. The van der Waals surface area contributed by atoms with E-state index in [1.54, 1.807) is 11.0 Å².